The summed E-state index contributed by atoms with van der Waals surface area (Å²) in [5.74, 6) is 0.615. The standard InChI is InChI=1S/C14H26N2O3S/c1-12-8-20(17,18)7-5-16(12)10-14(4-6-19-11-14)9-15-13-2-3-13/h12-13,15H,2-11H2,1H3. The number of nitrogens with zero attached hydrogens (tertiary/aromatic N) is 1. The molecule has 6 heteroatoms. The number of hydrogen-bond acceptors (Lipinski definition) is 5. The number of nitrogens with one attached hydrogen (secondary N) is 1. The maximum atomic E-state index is 11.7. The van der Waals surface area contributed by atoms with Gasteiger partial charge in [-0.2, -0.15) is 0 Å². The fourth-order valence-corrected chi connectivity index (χ4v) is 4.94. The molecule has 2 heterocycles. The van der Waals surface area contributed by atoms with Crippen LogP contribution in [0.25, 0.3) is 0 Å². The summed E-state index contributed by atoms with van der Waals surface area (Å²) in [5, 5.41) is 3.64. The third-order valence-electron chi connectivity index (χ3n) is 4.87. The Labute approximate surface area is 122 Å². The summed E-state index contributed by atoms with van der Waals surface area (Å²) in [6.07, 6.45) is 3.69. The third-order valence-corrected chi connectivity index (χ3v) is 6.67. The molecule has 116 valence electrons. The third kappa shape index (κ3) is 3.53. The highest BCUT2D eigenvalue weighted by atomic mass is 32.2. The van der Waals surface area contributed by atoms with Crippen molar-refractivity contribution >= 4 is 9.84 Å². The summed E-state index contributed by atoms with van der Waals surface area (Å²) in [5.41, 5.74) is 0.179. The second-order valence-corrected chi connectivity index (χ2v) is 9.12. The van der Waals surface area contributed by atoms with Crippen molar-refractivity contribution in [3.05, 3.63) is 0 Å². The first-order valence-corrected chi connectivity index (χ1v) is 9.56. The molecule has 2 aliphatic heterocycles. The van der Waals surface area contributed by atoms with Crippen LogP contribution in [0.4, 0.5) is 0 Å². The van der Waals surface area contributed by atoms with Gasteiger partial charge in [-0.3, -0.25) is 4.90 Å². The molecular formula is C14H26N2O3S. The number of ether oxygens (including phenoxy) is 1. The Hall–Kier alpha value is -0.170. The zero-order valence-electron chi connectivity index (χ0n) is 12.3. The predicted octanol–water partition coefficient (Wildman–Crippen LogP) is 0.264. The molecule has 5 nitrogen and oxygen atoms in total. The molecule has 0 radical (unpaired) electrons. The van der Waals surface area contributed by atoms with E-state index in [4.69, 9.17) is 4.74 Å². The molecule has 2 saturated heterocycles. The molecule has 1 N–H and O–H groups in total. The van der Waals surface area contributed by atoms with Gasteiger partial charge in [-0.15, -0.1) is 0 Å². The van der Waals surface area contributed by atoms with Gasteiger partial charge >= 0.3 is 0 Å². The molecule has 0 spiro atoms. The highest BCUT2D eigenvalue weighted by molar-refractivity contribution is 7.91. The van der Waals surface area contributed by atoms with E-state index >= 15 is 0 Å². The normalized spacial score (nSPS) is 38.1. The van der Waals surface area contributed by atoms with Gasteiger partial charge < -0.3 is 10.1 Å². The first kappa shape index (κ1) is 14.8. The largest absolute Gasteiger partial charge is 0.381 e. The molecule has 0 aromatic rings. The summed E-state index contributed by atoms with van der Waals surface area (Å²) in [6, 6.07) is 0.846. The second kappa shape index (κ2) is 5.55. The molecule has 3 rings (SSSR count). The molecule has 1 saturated carbocycles. The fraction of sp³-hybridized carbons (Fsp3) is 1.00. The van der Waals surface area contributed by atoms with E-state index in [0.29, 0.717) is 24.1 Å². The predicted molar refractivity (Wildman–Crippen MR) is 78.6 cm³/mol. The van der Waals surface area contributed by atoms with E-state index in [1.54, 1.807) is 0 Å². The lowest BCUT2D eigenvalue weighted by atomic mass is 9.86. The Balaban J connectivity index is 1.60. The summed E-state index contributed by atoms with van der Waals surface area (Å²) in [6.45, 7) is 6.33. The zero-order chi connectivity index (χ0) is 14.2. The van der Waals surface area contributed by atoms with Crippen LogP contribution in [0.15, 0.2) is 0 Å². The Morgan fingerprint density at radius 1 is 1.40 bits per heavy atom. The maximum absolute atomic E-state index is 11.7. The van der Waals surface area contributed by atoms with Crippen molar-refractivity contribution in [2.45, 2.75) is 38.3 Å². The van der Waals surface area contributed by atoms with Crippen molar-refractivity contribution in [3.63, 3.8) is 0 Å². The number of sulfone groups is 1. The van der Waals surface area contributed by atoms with Gasteiger partial charge in [0.05, 0.1) is 18.1 Å². The van der Waals surface area contributed by atoms with Crippen molar-refractivity contribution in [2.75, 3.05) is 44.4 Å². The number of rotatable bonds is 5. The highest BCUT2D eigenvalue weighted by Gasteiger charge is 2.40. The van der Waals surface area contributed by atoms with Gasteiger partial charge in [-0.1, -0.05) is 0 Å². The number of hydrogen-bond donors (Lipinski definition) is 1. The van der Waals surface area contributed by atoms with E-state index in [-0.39, 0.29) is 11.5 Å². The van der Waals surface area contributed by atoms with E-state index in [9.17, 15) is 8.42 Å². The lowest BCUT2D eigenvalue weighted by molar-refractivity contribution is 0.0943. The van der Waals surface area contributed by atoms with Crippen LogP contribution >= 0.6 is 0 Å². The van der Waals surface area contributed by atoms with Crippen LogP contribution in [-0.4, -0.2) is 69.8 Å². The van der Waals surface area contributed by atoms with Crippen molar-refractivity contribution in [1.82, 2.24) is 10.2 Å². The molecule has 1 aliphatic carbocycles. The summed E-state index contributed by atoms with van der Waals surface area (Å²) >= 11 is 0. The van der Waals surface area contributed by atoms with E-state index in [1.165, 1.54) is 12.8 Å². The molecule has 0 aromatic heterocycles. The Morgan fingerprint density at radius 3 is 2.80 bits per heavy atom. The molecule has 0 amide bonds. The van der Waals surface area contributed by atoms with Crippen LogP contribution < -0.4 is 5.32 Å². The van der Waals surface area contributed by atoms with Gasteiger partial charge in [0.1, 0.15) is 0 Å². The lowest BCUT2D eigenvalue weighted by Gasteiger charge is -2.40. The van der Waals surface area contributed by atoms with Gasteiger partial charge in [0.2, 0.25) is 0 Å². The van der Waals surface area contributed by atoms with E-state index in [2.05, 4.69) is 10.2 Å². The van der Waals surface area contributed by atoms with E-state index in [0.717, 1.165) is 32.7 Å². The van der Waals surface area contributed by atoms with Crippen LogP contribution in [0.5, 0.6) is 0 Å². The van der Waals surface area contributed by atoms with Crippen molar-refractivity contribution < 1.29 is 13.2 Å². The SMILES string of the molecule is CC1CS(=O)(=O)CCN1CC1(CNC2CC2)CCOC1. The summed E-state index contributed by atoms with van der Waals surface area (Å²) in [4.78, 5) is 2.35. The molecular weight excluding hydrogens is 276 g/mol. The highest BCUT2D eigenvalue weighted by Crippen LogP contribution is 2.32. The van der Waals surface area contributed by atoms with Crippen LogP contribution in [0, 0.1) is 5.41 Å². The lowest BCUT2D eigenvalue weighted by Crippen LogP contribution is -2.53. The molecule has 3 fully saturated rings. The Kier molecular flexibility index (Phi) is 4.10. The quantitative estimate of drug-likeness (QED) is 0.790. The molecule has 3 aliphatic rings. The van der Waals surface area contributed by atoms with Gasteiger partial charge in [-0.05, 0) is 26.2 Å². The maximum Gasteiger partial charge on any atom is 0.153 e. The van der Waals surface area contributed by atoms with Gasteiger partial charge in [0, 0.05) is 43.7 Å². The van der Waals surface area contributed by atoms with Gasteiger partial charge in [0.15, 0.2) is 9.84 Å². The first-order valence-electron chi connectivity index (χ1n) is 7.74. The Morgan fingerprint density at radius 2 is 2.20 bits per heavy atom. The minimum absolute atomic E-state index is 0.132. The first-order chi connectivity index (χ1) is 9.48. The molecule has 0 bridgehead atoms. The van der Waals surface area contributed by atoms with E-state index in [1.807, 2.05) is 6.92 Å². The Bertz CT molecular complexity index is 441. The summed E-state index contributed by atoms with van der Waals surface area (Å²) in [7, 11) is -2.82. The minimum Gasteiger partial charge on any atom is -0.381 e. The average molecular weight is 302 g/mol. The van der Waals surface area contributed by atoms with Crippen molar-refractivity contribution in [2.24, 2.45) is 5.41 Å². The van der Waals surface area contributed by atoms with Gasteiger partial charge in [-0.25, -0.2) is 8.42 Å². The molecule has 0 aromatic carbocycles. The monoisotopic (exact) mass is 302 g/mol. The summed E-state index contributed by atoms with van der Waals surface area (Å²) < 4.78 is 29.0. The smallest absolute Gasteiger partial charge is 0.153 e. The fourth-order valence-electron chi connectivity index (χ4n) is 3.32. The van der Waals surface area contributed by atoms with Crippen LogP contribution in [-0.2, 0) is 14.6 Å². The van der Waals surface area contributed by atoms with Crippen LogP contribution in [0.3, 0.4) is 0 Å². The molecule has 2 unspecified atom stereocenters. The average Bonchev–Trinajstić information content (AvgIpc) is 3.10. The van der Waals surface area contributed by atoms with Crippen LogP contribution in [0.1, 0.15) is 26.2 Å². The zero-order valence-corrected chi connectivity index (χ0v) is 13.1. The van der Waals surface area contributed by atoms with Gasteiger partial charge in [0.25, 0.3) is 0 Å². The minimum atomic E-state index is -2.82. The van der Waals surface area contributed by atoms with Crippen molar-refractivity contribution in [1.29, 1.82) is 0 Å². The second-order valence-electron chi connectivity index (χ2n) is 6.89. The molecule has 20 heavy (non-hydrogen) atoms. The van der Waals surface area contributed by atoms with Crippen LogP contribution in [0.2, 0.25) is 0 Å². The van der Waals surface area contributed by atoms with E-state index < -0.39 is 9.84 Å². The molecule has 2 atom stereocenters. The van der Waals surface area contributed by atoms with Crippen molar-refractivity contribution in [3.8, 4) is 0 Å². The topological polar surface area (TPSA) is 58.6 Å².